The molecule has 0 fully saturated rings. The van der Waals surface area contributed by atoms with Crippen LogP contribution >= 0.6 is 11.9 Å². The molecule has 3 aromatic rings. The smallest absolute Gasteiger partial charge is 0.255 e. The van der Waals surface area contributed by atoms with E-state index in [9.17, 15) is 4.79 Å². The summed E-state index contributed by atoms with van der Waals surface area (Å²) < 4.78 is 7.63. The van der Waals surface area contributed by atoms with Gasteiger partial charge in [0, 0.05) is 17.0 Å². The highest BCUT2D eigenvalue weighted by atomic mass is 32.2. The topological polar surface area (TPSA) is 41.6 Å². The molecular weight excluding hydrogens is 368 g/mol. The summed E-state index contributed by atoms with van der Waals surface area (Å²) in [6.45, 7) is 1.03. The van der Waals surface area contributed by atoms with Crippen LogP contribution in [0, 0.1) is 0 Å². The first-order valence-electron chi connectivity index (χ1n) is 9.32. The fourth-order valence-corrected chi connectivity index (χ4v) is 4.34. The molecule has 1 aliphatic rings. The lowest BCUT2D eigenvalue weighted by Gasteiger charge is -2.29. The van der Waals surface area contributed by atoms with E-state index in [1.54, 1.807) is 19.1 Å². The fourth-order valence-electron chi connectivity index (χ4n) is 3.33. The number of aryl methyl sites for hydroxylation is 1. The number of nitrogens with zero attached hydrogens (tertiary/aromatic N) is 1. The van der Waals surface area contributed by atoms with Crippen LogP contribution in [-0.2, 0) is 6.42 Å². The lowest BCUT2D eigenvalue weighted by Crippen LogP contribution is -2.22. The first kappa shape index (κ1) is 18.4. The lowest BCUT2D eigenvalue weighted by molar-refractivity contribution is 0.102. The average Bonchev–Trinajstić information content (AvgIpc) is 2.75. The molecule has 142 valence electrons. The van der Waals surface area contributed by atoms with Crippen LogP contribution in [0.1, 0.15) is 22.3 Å². The van der Waals surface area contributed by atoms with Crippen molar-refractivity contribution in [1.82, 2.24) is 0 Å². The van der Waals surface area contributed by atoms with Gasteiger partial charge in [0.1, 0.15) is 5.75 Å². The van der Waals surface area contributed by atoms with Gasteiger partial charge in [0.25, 0.3) is 5.91 Å². The Balaban J connectivity index is 1.45. The van der Waals surface area contributed by atoms with Gasteiger partial charge in [0.05, 0.1) is 18.5 Å². The number of rotatable bonds is 5. The van der Waals surface area contributed by atoms with Crippen molar-refractivity contribution in [3.63, 3.8) is 0 Å². The van der Waals surface area contributed by atoms with Gasteiger partial charge in [0.2, 0.25) is 0 Å². The number of carbonyl (C=O) groups excluding carboxylic acids is 1. The molecule has 28 heavy (non-hydrogen) atoms. The number of methoxy groups -OCH3 is 1. The number of fused-ring (bicyclic) bond motifs is 1. The van der Waals surface area contributed by atoms with Crippen LogP contribution in [0.4, 0.5) is 11.4 Å². The van der Waals surface area contributed by atoms with Gasteiger partial charge in [-0.15, -0.1) is 0 Å². The molecule has 0 saturated carbocycles. The Bertz CT molecular complexity index is 972. The zero-order valence-electron chi connectivity index (χ0n) is 15.7. The summed E-state index contributed by atoms with van der Waals surface area (Å²) in [6, 6.07) is 23.7. The Morgan fingerprint density at radius 3 is 2.57 bits per heavy atom. The summed E-state index contributed by atoms with van der Waals surface area (Å²) in [7, 11) is 1.59. The van der Waals surface area contributed by atoms with E-state index in [2.05, 4.69) is 33.9 Å². The average molecular weight is 391 g/mol. The molecule has 0 aromatic heterocycles. The molecule has 0 aliphatic carbocycles. The van der Waals surface area contributed by atoms with Crippen LogP contribution < -0.4 is 14.4 Å². The second-order valence-electron chi connectivity index (χ2n) is 6.60. The summed E-state index contributed by atoms with van der Waals surface area (Å²) in [4.78, 5) is 13.7. The Kier molecular flexibility index (Phi) is 5.53. The van der Waals surface area contributed by atoms with E-state index >= 15 is 0 Å². The standard InChI is InChI=1S/C23H22N2O2S/c1-27-22-11-5-3-9-20(22)24-23(26)18-12-14-19(15-13-18)28-25-16-6-8-17-7-2-4-10-21(17)25/h2-5,7,9-15H,6,8,16H2,1H3,(H,24,26). The van der Waals surface area contributed by atoms with Crippen molar-refractivity contribution in [2.45, 2.75) is 17.7 Å². The van der Waals surface area contributed by atoms with E-state index in [4.69, 9.17) is 4.74 Å². The molecule has 1 N–H and O–H groups in total. The lowest BCUT2D eigenvalue weighted by atomic mass is 10.0. The third kappa shape index (κ3) is 3.99. The predicted octanol–water partition coefficient (Wildman–Crippen LogP) is 5.41. The minimum absolute atomic E-state index is 0.149. The molecule has 0 saturated heterocycles. The van der Waals surface area contributed by atoms with Crippen molar-refractivity contribution in [3.8, 4) is 5.75 Å². The number of anilines is 2. The third-order valence-corrected chi connectivity index (χ3v) is 5.84. The Morgan fingerprint density at radius 1 is 1.00 bits per heavy atom. The third-order valence-electron chi connectivity index (χ3n) is 4.75. The molecule has 0 radical (unpaired) electrons. The molecule has 4 nitrogen and oxygen atoms in total. The second kappa shape index (κ2) is 8.40. The maximum absolute atomic E-state index is 12.6. The first-order valence-corrected chi connectivity index (χ1v) is 10.1. The van der Waals surface area contributed by atoms with E-state index in [1.165, 1.54) is 11.3 Å². The fraction of sp³-hybridized carbons (Fsp3) is 0.174. The quantitative estimate of drug-likeness (QED) is 0.592. The maximum atomic E-state index is 12.6. The molecule has 0 bridgehead atoms. The maximum Gasteiger partial charge on any atom is 0.255 e. The number of hydrogen-bond acceptors (Lipinski definition) is 4. The van der Waals surface area contributed by atoms with Gasteiger partial charge in [0.15, 0.2) is 0 Å². The molecule has 0 atom stereocenters. The van der Waals surface area contributed by atoms with Gasteiger partial charge in [-0.3, -0.25) is 4.79 Å². The summed E-state index contributed by atoms with van der Waals surface area (Å²) in [5, 5.41) is 2.91. The normalized spacial score (nSPS) is 13.0. The summed E-state index contributed by atoms with van der Waals surface area (Å²) in [5.41, 5.74) is 3.97. The van der Waals surface area contributed by atoms with Crippen molar-refractivity contribution in [3.05, 3.63) is 83.9 Å². The number of ether oxygens (including phenoxy) is 1. The number of nitrogens with one attached hydrogen (secondary N) is 1. The zero-order valence-corrected chi connectivity index (χ0v) is 16.5. The van der Waals surface area contributed by atoms with Crippen LogP contribution in [0.2, 0.25) is 0 Å². The summed E-state index contributed by atoms with van der Waals surface area (Å²) >= 11 is 1.72. The van der Waals surface area contributed by atoms with E-state index in [0.29, 0.717) is 17.0 Å². The van der Waals surface area contributed by atoms with Gasteiger partial charge >= 0.3 is 0 Å². The monoisotopic (exact) mass is 390 g/mol. The number of hydrogen-bond donors (Lipinski definition) is 1. The van der Waals surface area contributed by atoms with Gasteiger partial charge in [-0.05, 0) is 72.8 Å². The Hall–Kier alpha value is -2.92. The van der Waals surface area contributed by atoms with Crippen molar-refractivity contribution in [1.29, 1.82) is 0 Å². The van der Waals surface area contributed by atoms with E-state index < -0.39 is 0 Å². The first-order chi connectivity index (χ1) is 13.7. The van der Waals surface area contributed by atoms with Crippen molar-refractivity contribution in [2.24, 2.45) is 0 Å². The highest BCUT2D eigenvalue weighted by molar-refractivity contribution is 8.00. The van der Waals surface area contributed by atoms with Crippen LogP contribution in [0.25, 0.3) is 0 Å². The molecule has 5 heteroatoms. The molecule has 1 heterocycles. The molecular formula is C23H22N2O2S. The van der Waals surface area contributed by atoms with Crippen molar-refractivity contribution in [2.75, 3.05) is 23.3 Å². The number of para-hydroxylation sites is 3. The number of amides is 1. The number of benzene rings is 3. The molecule has 0 spiro atoms. The predicted molar refractivity (Wildman–Crippen MR) is 115 cm³/mol. The largest absolute Gasteiger partial charge is 0.495 e. The second-order valence-corrected chi connectivity index (χ2v) is 7.70. The van der Waals surface area contributed by atoms with Gasteiger partial charge < -0.3 is 14.4 Å². The minimum Gasteiger partial charge on any atom is -0.495 e. The Morgan fingerprint density at radius 2 is 1.75 bits per heavy atom. The van der Waals surface area contributed by atoms with Crippen LogP contribution in [-0.4, -0.2) is 19.6 Å². The van der Waals surface area contributed by atoms with Crippen LogP contribution in [0.15, 0.2) is 77.7 Å². The van der Waals surface area contributed by atoms with Crippen molar-refractivity contribution < 1.29 is 9.53 Å². The zero-order chi connectivity index (χ0) is 19.3. The van der Waals surface area contributed by atoms with Gasteiger partial charge in [-0.25, -0.2) is 0 Å². The van der Waals surface area contributed by atoms with E-state index in [-0.39, 0.29) is 5.91 Å². The summed E-state index contributed by atoms with van der Waals surface area (Å²) in [5.74, 6) is 0.496. The SMILES string of the molecule is COc1ccccc1NC(=O)c1ccc(SN2CCCc3ccccc32)cc1. The highest BCUT2D eigenvalue weighted by Crippen LogP contribution is 2.35. The van der Waals surface area contributed by atoms with E-state index in [1.807, 2.05) is 48.5 Å². The number of carbonyl (C=O) groups is 1. The van der Waals surface area contributed by atoms with Crippen LogP contribution in [0.5, 0.6) is 5.75 Å². The minimum atomic E-state index is -0.149. The highest BCUT2D eigenvalue weighted by Gasteiger charge is 2.17. The van der Waals surface area contributed by atoms with Crippen molar-refractivity contribution >= 4 is 29.2 Å². The molecule has 1 aliphatic heterocycles. The van der Waals surface area contributed by atoms with E-state index in [0.717, 1.165) is 24.3 Å². The van der Waals surface area contributed by atoms with Gasteiger partial charge in [-0.1, -0.05) is 30.3 Å². The van der Waals surface area contributed by atoms with Gasteiger partial charge in [-0.2, -0.15) is 0 Å². The summed E-state index contributed by atoms with van der Waals surface area (Å²) in [6.07, 6.45) is 2.29. The Labute approximate surface area is 169 Å². The molecule has 4 rings (SSSR count). The molecule has 3 aromatic carbocycles. The van der Waals surface area contributed by atoms with Crippen LogP contribution in [0.3, 0.4) is 0 Å². The molecule has 0 unspecified atom stereocenters. The molecule has 1 amide bonds.